The van der Waals surface area contributed by atoms with Gasteiger partial charge in [-0.1, -0.05) is 12.1 Å². The van der Waals surface area contributed by atoms with Gasteiger partial charge < -0.3 is 15.2 Å². The predicted molar refractivity (Wildman–Crippen MR) is 90.6 cm³/mol. The minimum atomic E-state index is -0.993. The van der Waals surface area contributed by atoms with Crippen molar-refractivity contribution < 1.29 is 18.6 Å². The summed E-state index contributed by atoms with van der Waals surface area (Å²) in [6.45, 7) is 1.93. The van der Waals surface area contributed by atoms with Crippen molar-refractivity contribution in [1.29, 1.82) is 0 Å². The van der Waals surface area contributed by atoms with Crippen LogP contribution in [-0.4, -0.2) is 34.3 Å². The molecule has 1 atom stereocenters. The molecule has 0 aliphatic heterocycles. The van der Waals surface area contributed by atoms with Gasteiger partial charge in [0, 0.05) is 12.6 Å². The zero-order valence-electron chi connectivity index (χ0n) is 13.5. The zero-order chi connectivity index (χ0) is 17.8. The Labute approximate surface area is 143 Å². The Morgan fingerprint density at radius 3 is 2.52 bits per heavy atom. The lowest BCUT2D eigenvalue weighted by Gasteiger charge is -2.15. The molecule has 130 valence electrons. The normalized spacial score (nSPS) is 12.2. The van der Waals surface area contributed by atoms with E-state index in [4.69, 9.17) is 4.74 Å². The summed E-state index contributed by atoms with van der Waals surface area (Å²) in [5.74, 6) is -1.21. The second-order valence-corrected chi connectivity index (χ2v) is 5.57. The van der Waals surface area contributed by atoms with Crippen LogP contribution in [0.5, 0.6) is 5.75 Å². The van der Waals surface area contributed by atoms with E-state index in [-0.39, 0.29) is 18.9 Å². The first-order valence-corrected chi connectivity index (χ1v) is 7.76. The number of halogens is 2. The molecule has 2 N–H and O–H groups in total. The van der Waals surface area contributed by atoms with E-state index < -0.39 is 17.7 Å². The van der Waals surface area contributed by atoms with Gasteiger partial charge in [-0.15, -0.1) is 0 Å². The fraction of sp³-hybridized carbons (Fsp3) is 0.222. The molecule has 0 amide bonds. The number of anilines is 1. The Morgan fingerprint density at radius 2 is 1.80 bits per heavy atom. The number of aryl methyl sites for hydroxylation is 1. The topological polar surface area (TPSA) is 67.3 Å². The van der Waals surface area contributed by atoms with Gasteiger partial charge in [-0.3, -0.25) is 0 Å². The van der Waals surface area contributed by atoms with Gasteiger partial charge in [0.2, 0.25) is 0 Å². The number of para-hydroxylation sites is 2. The number of nitrogens with one attached hydrogen (secondary N) is 1. The van der Waals surface area contributed by atoms with Crippen LogP contribution in [-0.2, 0) is 0 Å². The molecule has 0 bridgehead atoms. The van der Waals surface area contributed by atoms with Crippen molar-refractivity contribution in [3.63, 3.8) is 0 Å². The highest BCUT2D eigenvalue weighted by Crippen LogP contribution is 2.17. The molecule has 1 heterocycles. The highest BCUT2D eigenvalue weighted by atomic mass is 19.2. The first-order chi connectivity index (χ1) is 12.0. The van der Waals surface area contributed by atoms with Gasteiger partial charge in [0.25, 0.3) is 0 Å². The van der Waals surface area contributed by atoms with E-state index in [1.54, 1.807) is 0 Å². The number of hydrogen-bond donors (Lipinski definition) is 2. The first-order valence-electron chi connectivity index (χ1n) is 7.76. The number of rotatable bonds is 6. The lowest BCUT2D eigenvalue weighted by atomic mass is 10.3. The maximum Gasteiger partial charge on any atom is 0.162 e. The SMILES string of the molecule is Cc1nc2ccccc2nc1NCC(O)COc1ccc(F)c(F)c1. The van der Waals surface area contributed by atoms with Crippen LogP contribution in [0.15, 0.2) is 42.5 Å². The van der Waals surface area contributed by atoms with Gasteiger partial charge in [-0.05, 0) is 31.2 Å². The number of aliphatic hydroxyl groups excluding tert-OH is 1. The number of nitrogens with zero attached hydrogens (tertiary/aromatic N) is 2. The number of benzene rings is 2. The molecule has 0 radical (unpaired) electrons. The van der Waals surface area contributed by atoms with E-state index >= 15 is 0 Å². The van der Waals surface area contributed by atoms with Gasteiger partial charge in [-0.2, -0.15) is 0 Å². The van der Waals surface area contributed by atoms with Crippen LogP contribution < -0.4 is 10.1 Å². The Kier molecular flexibility index (Phi) is 5.04. The fourth-order valence-electron chi connectivity index (χ4n) is 2.29. The average Bonchev–Trinajstić information content (AvgIpc) is 2.61. The van der Waals surface area contributed by atoms with E-state index in [1.807, 2.05) is 31.2 Å². The Hall–Kier alpha value is -2.80. The second kappa shape index (κ2) is 7.40. The third-order valence-electron chi connectivity index (χ3n) is 3.58. The largest absolute Gasteiger partial charge is 0.491 e. The Morgan fingerprint density at radius 1 is 1.08 bits per heavy atom. The Bertz CT molecular complexity index is 889. The summed E-state index contributed by atoms with van der Waals surface area (Å²) in [5, 5.41) is 13.0. The molecular formula is C18H17F2N3O2. The van der Waals surface area contributed by atoms with Crippen molar-refractivity contribution in [2.75, 3.05) is 18.5 Å². The number of aliphatic hydroxyl groups is 1. The van der Waals surface area contributed by atoms with Crippen molar-refractivity contribution in [3.05, 3.63) is 59.8 Å². The Balaban J connectivity index is 1.57. The van der Waals surface area contributed by atoms with Crippen molar-refractivity contribution >= 4 is 16.9 Å². The number of aromatic nitrogens is 2. The van der Waals surface area contributed by atoms with E-state index in [9.17, 15) is 13.9 Å². The molecule has 1 aromatic heterocycles. The molecule has 1 unspecified atom stereocenters. The van der Waals surface area contributed by atoms with Crippen LogP contribution in [0.1, 0.15) is 5.69 Å². The minimum absolute atomic E-state index is 0.0713. The van der Waals surface area contributed by atoms with Crippen molar-refractivity contribution in [2.24, 2.45) is 0 Å². The van der Waals surface area contributed by atoms with Gasteiger partial charge >= 0.3 is 0 Å². The molecule has 3 aromatic rings. The number of hydrogen-bond acceptors (Lipinski definition) is 5. The van der Waals surface area contributed by atoms with Crippen LogP contribution in [0.2, 0.25) is 0 Å². The molecular weight excluding hydrogens is 328 g/mol. The molecule has 3 rings (SSSR count). The molecule has 2 aromatic carbocycles. The summed E-state index contributed by atoms with van der Waals surface area (Å²) < 4.78 is 31.2. The van der Waals surface area contributed by atoms with Crippen LogP contribution in [0.25, 0.3) is 11.0 Å². The van der Waals surface area contributed by atoms with Crippen molar-refractivity contribution in [2.45, 2.75) is 13.0 Å². The molecule has 25 heavy (non-hydrogen) atoms. The lowest BCUT2D eigenvalue weighted by Crippen LogP contribution is -2.27. The second-order valence-electron chi connectivity index (χ2n) is 5.57. The van der Waals surface area contributed by atoms with Crippen LogP contribution in [0.3, 0.4) is 0 Å². The quantitative estimate of drug-likeness (QED) is 0.719. The van der Waals surface area contributed by atoms with Gasteiger partial charge in [-0.25, -0.2) is 18.7 Å². The van der Waals surface area contributed by atoms with Gasteiger partial charge in [0.1, 0.15) is 24.3 Å². The maximum atomic E-state index is 13.1. The first kappa shape index (κ1) is 17.0. The van der Waals surface area contributed by atoms with Gasteiger partial charge in [0.15, 0.2) is 11.6 Å². The summed E-state index contributed by atoms with van der Waals surface area (Å²) in [6, 6.07) is 10.7. The van der Waals surface area contributed by atoms with Crippen LogP contribution in [0.4, 0.5) is 14.6 Å². The highest BCUT2D eigenvalue weighted by molar-refractivity contribution is 5.76. The third-order valence-corrected chi connectivity index (χ3v) is 3.58. The molecule has 0 fully saturated rings. The number of fused-ring (bicyclic) bond motifs is 1. The number of ether oxygens (including phenoxy) is 1. The monoisotopic (exact) mass is 345 g/mol. The molecule has 0 aliphatic rings. The molecule has 0 aliphatic carbocycles. The summed E-state index contributed by atoms with van der Waals surface area (Å²) in [4.78, 5) is 8.92. The summed E-state index contributed by atoms with van der Waals surface area (Å²) in [6.07, 6.45) is -0.860. The average molecular weight is 345 g/mol. The fourth-order valence-corrected chi connectivity index (χ4v) is 2.29. The van der Waals surface area contributed by atoms with E-state index in [1.165, 1.54) is 6.07 Å². The van der Waals surface area contributed by atoms with Crippen molar-refractivity contribution in [3.8, 4) is 5.75 Å². The van der Waals surface area contributed by atoms with Gasteiger partial charge in [0.05, 0.1) is 16.7 Å². The van der Waals surface area contributed by atoms with Crippen LogP contribution >= 0.6 is 0 Å². The maximum absolute atomic E-state index is 13.1. The molecule has 0 saturated heterocycles. The molecule has 0 spiro atoms. The van der Waals surface area contributed by atoms with E-state index in [0.717, 1.165) is 23.2 Å². The van der Waals surface area contributed by atoms with Crippen molar-refractivity contribution in [1.82, 2.24) is 9.97 Å². The summed E-state index contributed by atoms with van der Waals surface area (Å²) in [5.41, 5.74) is 2.27. The minimum Gasteiger partial charge on any atom is -0.491 e. The highest BCUT2D eigenvalue weighted by Gasteiger charge is 2.10. The predicted octanol–water partition coefficient (Wildman–Crippen LogP) is 3.07. The molecule has 5 nitrogen and oxygen atoms in total. The molecule has 0 saturated carbocycles. The van der Waals surface area contributed by atoms with Crippen LogP contribution in [0, 0.1) is 18.6 Å². The molecule has 7 heteroatoms. The van der Waals surface area contributed by atoms with E-state index in [0.29, 0.717) is 11.5 Å². The summed E-state index contributed by atoms with van der Waals surface area (Å²) >= 11 is 0. The smallest absolute Gasteiger partial charge is 0.162 e. The third kappa shape index (κ3) is 4.19. The van der Waals surface area contributed by atoms with E-state index in [2.05, 4.69) is 15.3 Å². The lowest BCUT2D eigenvalue weighted by molar-refractivity contribution is 0.117. The zero-order valence-corrected chi connectivity index (χ0v) is 13.5. The summed E-state index contributed by atoms with van der Waals surface area (Å²) in [7, 11) is 0. The standard InChI is InChI=1S/C18H17F2N3O2/c1-11-18(23-17-5-3-2-4-16(17)22-11)21-9-12(24)10-25-13-6-7-14(19)15(20)8-13/h2-8,12,24H,9-10H2,1H3,(H,21,23).